The highest BCUT2D eigenvalue weighted by atomic mass is 79.9. The van der Waals surface area contributed by atoms with Crippen LogP contribution >= 0.6 is 15.9 Å². The molecule has 1 aromatic rings. The topological polar surface area (TPSA) is 21.8 Å². The van der Waals surface area contributed by atoms with E-state index in [0.717, 1.165) is 16.6 Å². The van der Waals surface area contributed by atoms with Gasteiger partial charge in [0.15, 0.2) is 0 Å². The molecule has 2 unspecified atom stereocenters. The Balaban J connectivity index is 1.99. The molecule has 0 aliphatic carbocycles. The third kappa shape index (κ3) is 3.00. The van der Waals surface area contributed by atoms with E-state index in [2.05, 4.69) is 15.9 Å². The first-order valence-electron chi connectivity index (χ1n) is 4.85. The molecule has 0 aromatic heterocycles. The Labute approximate surface area is 96.5 Å². The highest BCUT2D eigenvalue weighted by Crippen LogP contribution is 2.27. The van der Waals surface area contributed by atoms with Crippen LogP contribution in [0.3, 0.4) is 0 Å². The van der Waals surface area contributed by atoms with Gasteiger partial charge in [-0.05, 0) is 24.6 Å². The van der Waals surface area contributed by atoms with E-state index in [0.29, 0.717) is 6.61 Å². The number of hydrogen-bond donors (Lipinski definition) is 0. The third-order valence-corrected chi connectivity index (χ3v) is 3.02. The molecule has 0 saturated carbocycles. The minimum Gasteiger partial charge on any atom is -0.371 e. The summed E-state index contributed by atoms with van der Waals surface area (Å²) in [6.45, 7) is 3.34. The summed E-state index contributed by atoms with van der Waals surface area (Å²) in [7, 11) is 0. The van der Waals surface area contributed by atoms with Gasteiger partial charge in [0.05, 0.1) is 19.3 Å². The molecule has 1 saturated heterocycles. The monoisotopic (exact) mass is 274 g/mol. The average Bonchev–Trinajstić information content (AvgIpc) is 2.97. The number of ether oxygens (including phenoxy) is 2. The van der Waals surface area contributed by atoms with E-state index in [1.807, 2.05) is 6.92 Å². The van der Waals surface area contributed by atoms with Gasteiger partial charge in [-0.2, -0.15) is 0 Å². The van der Waals surface area contributed by atoms with E-state index in [9.17, 15) is 4.39 Å². The van der Waals surface area contributed by atoms with E-state index in [-0.39, 0.29) is 18.0 Å². The van der Waals surface area contributed by atoms with Gasteiger partial charge in [-0.25, -0.2) is 4.39 Å². The van der Waals surface area contributed by atoms with Gasteiger partial charge < -0.3 is 9.47 Å². The number of benzene rings is 1. The van der Waals surface area contributed by atoms with Gasteiger partial charge in [0, 0.05) is 4.47 Å². The molecule has 0 radical (unpaired) electrons. The highest BCUT2D eigenvalue weighted by Gasteiger charge is 2.24. The standard InChI is InChI=1S/C11H12BrFO2/c1-7(14-5-9-6-15-9)10-3-2-8(13)4-11(10)12/h2-4,7,9H,5-6H2,1H3. The second kappa shape index (κ2) is 4.60. The maximum absolute atomic E-state index is 12.8. The Morgan fingerprint density at radius 2 is 2.40 bits per heavy atom. The fraction of sp³-hybridized carbons (Fsp3) is 0.455. The molecule has 1 fully saturated rings. The summed E-state index contributed by atoms with van der Waals surface area (Å²) in [5.41, 5.74) is 0.956. The van der Waals surface area contributed by atoms with Crippen molar-refractivity contribution in [2.75, 3.05) is 13.2 Å². The van der Waals surface area contributed by atoms with Crippen LogP contribution in [-0.4, -0.2) is 19.3 Å². The lowest BCUT2D eigenvalue weighted by Crippen LogP contribution is -2.06. The fourth-order valence-electron chi connectivity index (χ4n) is 1.34. The van der Waals surface area contributed by atoms with Crippen LogP contribution in [0, 0.1) is 5.82 Å². The predicted octanol–water partition coefficient (Wildman–Crippen LogP) is 3.06. The molecule has 0 N–H and O–H groups in total. The summed E-state index contributed by atoms with van der Waals surface area (Å²) in [5, 5.41) is 0. The van der Waals surface area contributed by atoms with Crippen molar-refractivity contribution in [3.8, 4) is 0 Å². The zero-order valence-corrected chi connectivity index (χ0v) is 9.96. The van der Waals surface area contributed by atoms with Crippen molar-refractivity contribution in [1.29, 1.82) is 0 Å². The lowest BCUT2D eigenvalue weighted by Gasteiger charge is -2.14. The van der Waals surface area contributed by atoms with Gasteiger partial charge in [-0.3, -0.25) is 0 Å². The van der Waals surface area contributed by atoms with Crippen molar-refractivity contribution < 1.29 is 13.9 Å². The molecule has 0 bridgehead atoms. The van der Waals surface area contributed by atoms with Gasteiger partial charge in [-0.15, -0.1) is 0 Å². The molecule has 1 heterocycles. The smallest absolute Gasteiger partial charge is 0.124 e. The van der Waals surface area contributed by atoms with Crippen molar-refractivity contribution in [2.24, 2.45) is 0 Å². The van der Waals surface area contributed by atoms with Crippen LogP contribution in [0.5, 0.6) is 0 Å². The third-order valence-electron chi connectivity index (χ3n) is 2.33. The average molecular weight is 275 g/mol. The molecule has 1 aliphatic rings. The van der Waals surface area contributed by atoms with Crippen LogP contribution in [-0.2, 0) is 9.47 Å². The summed E-state index contributed by atoms with van der Waals surface area (Å²) < 4.78 is 24.2. The van der Waals surface area contributed by atoms with Crippen molar-refractivity contribution >= 4 is 15.9 Å². The number of hydrogen-bond acceptors (Lipinski definition) is 2. The SMILES string of the molecule is CC(OCC1CO1)c1ccc(F)cc1Br. The molecular weight excluding hydrogens is 263 g/mol. The summed E-state index contributed by atoms with van der Waals surface area (Å²) in [6.07, 6.45) is 0.204. The van der Waals surface area contributed by atoms with Crippen LogP contribution in [0.25, 0.3) is 0 Å². The molecule has 82 valence electrons. The Kier molecular flexibility index (Phi) is 3.38. The van der Waals surface area contributed by atoms with Crippen LogP contribution in [0.4, 0.5) is 4.39 Å². The summed E-state index contributed by atoms with van der Waals surface area (Å²) in [6, 6.07) is 4.62. The van der Waals surface area contributed by atoms with Gasteiger partial charge in [0.25, 0.3) is 0 Å². The van der Waals surface area contributed by atoms with Crippen molar-refractivity contribution in [3.63, 3.8) is 0 Å². The lowest BCUT2D eigenvalue weighted by molar-refractivity contribution is 0.0535. The van der Waals surface area contributed by atoms with E-state index < -0.39 is 0 Å². The highest BCUT2D eigenvalue weighted by molar-refractivity contribution is 9.10. The number of epoxide rings is 1. The van der Waals surface area contributed by atoms with Gasteiger partial charge in [0.2, 0.25) is 0 Å². The molecule has 2 atom stereocenters. The van der Waals surface area contributed by atoms with Crippen LogP contribution in [0.15, 0.2) is 22.7 Å². The van der Waals surface area contributed by atoms with E-state index in [1.165, 1.54) is 12.1 Å². The number of rotatable bonds is 4. The Bertz CT molecular complexity index is 352. The summed E-state index contributed by atoms with van der Waals surface area (Å²) in [5.74, 6) is -0.247. The largest absolute Gasteiger partial charge is 0.371 e. The quantitative estimate of drug-likeness (QED) is 0.788. The Morgan fingerprint density at radius 3 is 3.00 bits per heavy atom. The first-order chi connectivity index (χ1) is 7.16. The van der Waals surface area contributed by atoms with Gasteiger partial charge in [-0.1, -0.05) is 22.0 Å². The first kappa shape index (κ1) is 11.0. The Morgan fingerprint density at radius 1 is 1.67 bits per heavy atom. The lowest BCUT2D eigenvalue weighted by atomic mass is 10.1. The maximum atomic E-state index is 12.8. The summed E-state index contributed by atoms with van der Waals surface area (Å²) >= 11 is 3.32. The molecule has 2 nitrogen and oxygen atoms in total. The zero-order chi connectivity index (χ0) is 10.8. The Hall–Kier alpha value is -0.450. The zero-order valence-electron chi connectivity index (χ0n) is 8.37. The molecule has 0 spiro atoms. The molecule has 2 rings (SSSR count). The van der Waals surface area contributed by atoms with Crippen LogP contribution in [0.2, 0.25) is 0 Å². The van der Waals surface area contributed by atoms with Crippen molar-refractivity contribution in [2.45, 2.75) is 19.1 Å². The van der Waals surface area contributed by atoms with E-state index >= 15 is 0 Å². The van der Waals surface area contributed by atoms with Gasteiger partial charge >= 0.3 is 0 Å². The van der Waals surface area contributed by atoms with Crippen molar-refractivity contribution in [1.82, 2.24) is 0 Å². The predicted molar refractivity (Wildman–Crippen MR) is 58.2 cm³/mol. The van der Waals surface area contributed by atoms with Crippen LogP contribution in [0.1, 0.15) is 18.6 Å². The maximum Gasteiger partial charge on any atom is 0.124 e. The summed E-state index contributed by atoms with van der Waals surface area (Å²) in [4.78, 5) is 0. The van der Waals surface area contributed by atoms with Gasteiger partial charge in [0.1, 0.15) is 11.9 Å². The molecular formula is C11H12BrFO2. The second-order valence-corrected chi connectivity index (χ2v) is 4.45. The molecule has 15 heavy (non-hydrogen) atoms. The van der Waals surface area contributed by atoms with E-state index in [1.54, 1.807) is 6.07 Å². The normalized spacial score (nSPS) is 21.4. The minimum atomic E-state index is -0.247. The molecule has 4 heteroatoms. The molecule has 1 aromatic carbocycles. The molecule has 1 aliphatic heterocycles. The fourth-order valence-corrected chi connectivity index (χ4v) is 2.01. The van der Waals surface area contributed by atoms with E-state index in [4.69, 9.17) is 9.47 Å². The first-order valence-corrected chi connectivity index (χ1v) is 5.64. The minimum absolute atomic E-state index is 0.0517. The van der Waals surface area contributed by atoms with Crippen molar-refractivity contribution in [3.05, 3.63) is 34.1 Å². The second-order valence-electron chi connectivity index (χ2n) is 3.60. The number of halogens is 2. The molecule has 0 amide bonds. The van der Waals surface area contributed by atoms with Crippen LogP contribution < -0.4 is 0 Å².